The zero-order chi connectivity index (χ0) is 41.9. The Hall–Kier alpha value is -8.55. The molecule has 64 heavy (non-hydrogen) atoms. The molecule has 12 aromatic rings. The van der Waals surface area contributed by atoms with Crippen LogP contribution in [-0.2, 0) is 0 Å². The lowest BCUT2D eigenvalue weighted by Crippen LogP contribution is -2.30. The van der Waals surface area contributed by atoms with E-state index in [0.717, 1.165) is 99.8 Å². The van der Waals surface area contributed by atoms with E-state index >= 15 is 0 Å². The minimum absolute atomic E-state index is 0.0483. The fourth-order valence-electron chi connectivity index (χ4n) is 10.4. The van der Waals surface area contributed by atoms with Crippen LogP contribution < -0.4 is 4.90 Å². The number of furan rings is 2. The average molecular weight is 822 g/mol. The van der Waals surface area contributed by atoms with Crippen LogP contribution in [-0.4, -0.2) is 25.6 Å². The molecule has 2 unspecified atom stereocenters. The highest BCUT2D eigenvalue weighted by atomic mass is 16.3. The monoisotopic (exact) mass is 821 g/mol. The van der Waals surface area contributed by atoms with Crippen molar-refractivity contribution in [1.82, 2.24) is 19.5 Å². The van der Waals surface area contributed by atoms with E-state index < -0.39 is 0 Å². The van der Waals surface area contributed by atoms with E-state index in [1.807, 2.05) is 54.6 Å². The molecule has 14 rings (SSSR count). The van der Waals surface area contributed by atoms with Crippen LogP contribution in [0, 0.1) is 0 Å². The minimum Gasteiger partial charge on any atom is -0.460 e. The number of benzene rings is 8. The van der Waals surface area contributed by atoms with Gasteiger partial charge in [0.2, 0.25) is 0 Å². The summed E-state index contributed by atoms with van der Waals surface area (Å²) in [5, 5.41) is 5.56. The maximum Gasteiger partial charge on any atom is 0.166 e. The van der Waals surface area contributed by atoms with Gasteiger partial charge >= 0.3 is 0 Å². The van der Waals surface area contributed by atoms with Gasteiger partial charge in [0.05, 0.1) is 34.1 Å². The van der Waals surface area contributed by atoms with Gasteiger partial charge in [-0.05, 0) is 60.2 Å². The molecule has 7 heteroatoms. The second-order valence-corrected chi connectivity index (χ2v) is 16.7. The molecule has 300 valence electrons. The normalized spacial score (nSPS) is 15.4. The summed E-state index contributed by atoms with van der Waals surface area (Å²) in [5.41, 5.74) is 13.0. The fourth-order valence-corrected chi connectivity index (χ4v) is 10.4. The Bertz CT molecular complexity index is 3820. The highest BCUT2D eigenvalue weighted by Crippen LogP contribution is 2.55. The highest BCUT2D eigenvalue weighted by molar-refractivity contribution is 6.23. The van der Waals surface area contributed by atoms with Crippen LogP contribution in [0.5, 0.6) is 0 Å². The van der Waals surface area contributed by atoms with Crippen LogP contribution in [0.25, 0.3) is 101 Å². The quantitative estimate of drug-likeness (QED) is 0.172. The van der Waals surface area contributed by atoms with E-state index in [-0.39, 0.29) is 12.0 Å². The van der Waals surface area contributed by atoms with Crippen LogP contribution in [0.4, 0.5) is 11.4 Å². The van der Waals surface area contributed by atoms with Gasteiger partial charge in [-0.1, -0.05) is 146 Å². The Morgan fingerprint density at radius 2 is 1.11 bits per heavy atom. The number of hydrogen-bond donors (Lipinski definition) is 0. The number of rotatable bonds is 5. The predicted molar refractivity (Wildman–Crippen MR) is 257 cm³/mol. The van der Waals surface area contributed by atoms with Crippen molar-refractivity contribution in [2.24, 2.45) is 0 Å². The third-order valence-electron chi connectivity index (χ3n) is 13.2. The lowest BCUT2D eigenvalue weighted by Gasteiger charge is -2.31. The summed E-state index contributed by atoms with van der Waals surface area (Å²) >= 11 is 0. The van der Waals surface area contributed by atoms with Gasteiger partial charge in [-0.25, -0.2) is 15.0 Å². The third-order valence-corrected chi connectivity index (χ3v) is 13.2. The number of anilines is 2. The Labute approximate surface area is 366 Å². The maximum atomic E-state index is 6.80. The topological polar surface area (TPSA) is 73.1 Å². The number of para-hydroxylation sites is 4. The largest absolute Gasteiger partial charge is 0.460 e. The maximum absolute atomic E-state index is 6.80. The van der Waals surface area contributed by atoms with E-state index in [0.29, 0.717) is 17.5 Å². The summed E-state index contributed by atoms with van der Waals surface area (Å²) in [6, 6.07) is 65.4. The highest BCUT2D eigenvalue weighted by Gasteiger charge is 2.44. The molecule has 0 radical (unpaired) electrons. The first kappa shape index (κ1) is 35.1. The van der Waals surface area contributed by atoms with Gasteiger partial charge in [0.1, 0.15) is 22.5 Å². The first-order valence-electron chi connectivity index (χ1n) is 21.7. The van der Waals surface area contributed by atoms with Crippen molar-refractivity contribution in [2.75, 3.05) is 4.90 Å². The summed E-state index contributed by atoms with van der Waals surface area (Å²) in [6.45, 7) is 0. The van der Waals surface area contributed by atoms with Crippen LogP contribution in [0.1, 0.15) is 22.8 Å². The van der Waals surface area contributed by atoms with Gasteiger partial charge in [0.15, 0.2) is 17.5 Å². The Balaban J connectivity index is 1.05. The van der Waals surface area contributed by atoms with E-state index in [9.17, 15) is 0 Å². The van der Waals surface area contributed by atoms with Crippen molar-refractivity contribution in [1.29, 1.82) is 0 Å². The first-order chi connectivity index (χ1) is 31.7. The van der Waals surface area contributed by atoms with Crippen molar-refractivity contribution in [3.05, 3.63) is 211 Å². The zero-order valence-electron chi connectivity index (χ0n) is 34.3. The standard InChI is InChI=1S/C57H35N5O2/c1-3-15-34(16-4-1)55-58-56(35-17-5-2-6-18-35)60-57(59-55)43-28-27-36(61-44-23-11-7-21-41(44)51-46(61)31-29-39-37-19-9-13-25-49(37)63-53(39)51)33-48(43)62-45-24-12-8-22-42(45)52-47(62)32-30-40-38-20-10-14-26-50(38)64-54(40)52/h1-33,47,52H. The van der Waals surface area contributed by atoms with Crippen molar-refractivity contribution < 1.29 is 8.83 Å². The van der Waals surface area contributed by atoms with Gasteiger partial charge in [-0.3, -0.25) is 0 Å². The summed E-state index contributed by atoms with van der Waals surface area (Å²) in [4.78, 5) is 18.1. The summed E-state index contributed by atoms with van der Waals surface area (Å²) in [7, 11) is 0. The third kappa shape index (κ3) is 5.06. The molecule has 5 heterocycles. The molecule has 8 aromatic carbocycles. The second-order valence-electron chi connectivity index (χ2n) is 16.7. The molecule has 1 aliphatic heterocycles. The molecule has 0 bridgehead atoms. The number of nitrogens with zero attached hydrogens (tertiary/aromatic N) is 5. The summed E-state index contributed by atoms with van der Waals surface area (Å²) < 4.78 is 15.9. The molecule has 0 spiro atoms. The van der Waals surface area contributed by atoms with Gasteiger partial charge in [0.25, 0.3) is 0 Å². The molecule has 0 amide bonds. The molecule has 2 atom stereocenters. The summed E-state index contributed by atoms with van der Waals surface area (Å²) in [5.74, 6) is 2.75. The van der Waals surface area contributed by atoms with Crippen molar-refractivity contribution in [3.63, 3.8) is 0 Å². The summed E-state index contributed by atoms with van der Waals surface area (Å²) in [6.07, 6.45) is 4.60. The molecular weight excluding hydrogens is 787 g/mol. The number of aromatic nitrogens is 4. The van der Waals surface area contributed by atoms with Crippen LogP contribution >= 0.6 is 0 Å². The van der Waals surface area contributed by atoms with Gasteiger partial charge in [-0.15, -0.1) is 0 Å². The smallest absolute Gasteiger partial charge is 0.166 e. The van der Waals surface area contributed by atoms with Crippen molar-refractivity contribution in [3.8, 4) is 39.9 Å². The van der Waals surface area contributed by atoms with Crippen LogP contribution in [0.2, 0.25) is 0 Å². The fraction of sp³-hybridized carbons (Fsp3) is 0.0351. The molecular formula is C57H35N5O2. The molecule has 0 N–H and O–H groups in total. The Kier molecular flexibility index (Phi) is 7.39. The Morgan fingerprint density at radius 3 is 1.89 bits per heavy atom. The lowest BCUT2D eigenvalue weighted by molar-refractivity contribution is 0.505. The second kappa shape index (κ2) is 13.5. The number of hydrogen-bond acceptors (Lipinski definition) is 6. The van der Waals surface area contributed by atoms with Crippen LogP contribution in [0.3, 0.4) is 0 Å². The zero-order valence-corrected chi connectivity index (χ0v) is 34.3. The molecule has 0 saturated heterocycles. The van der Waals surface area contributed by atoms with Gasteiger partial charge in [-0.2, -0.15) is 0 Å². The molecule has 4 aromatic heterocycles. The van der Waals surface area contributed by atoms with E-state index in [4.69, 9.17) is 23.8 Å². The average Bonchev–Trinajstić information content (AvgIpc) is 4.12. The van der Waals surface area contributed by atoms with Crippen molar-refractivity contribution in [2.45, 2.75) is 12.0 Å². The first-order valence-corrected chi connectivity index (χ1v) is 21.7. The lowest BCUT2D eigenvalue weighted by atomic mass is 9.85. The Morgan fingerprint density at radius 1 is 0.469 bits per heavy atom. The SMILES string of the molecule is C1=CC2C(c3ccccc3N2c2cc(-n3c4ccccc4c4c5oc6ccccc6c5ccc43)ccc2-c2nc(-c3ccccc3)nc(-c3ccccc3)n2)c2oc3ccccc3c21. The van der Waals surface area contributed by atoms with E-state index in [2.05, 4.69) is 155 Å². The molecule has 0 saturated carbocycles. The van der Waals surface area contributed by atoms with Gasteiger partial charge < -0.3 is 18.3 Å². The van der Waals surface area contributed by atoms with E-state index in [1.165, 1.54) is 5.56 Å². The molecule has 0 fully saturated rings. The molecule has 7 nitrogen and oxygen atoms in total. The molecule has 1 aliphatic carbocycles. The minimum atomic E-state index is -0.100. The van der Waals surface area contributed by atoms with Crippen LogP contribution in [0.15, 0.2) is 203 Å². The van der Waals surface area contributed by atoms with Gasteiger partial charge in [0, 0.05) is 55.2 Å². The predicted octanol–water partition coefficient (Wildman–Crippen LogP) is 14.3. The molecule has 2 aliphatic rings. The van der Waals surface area contributed by atoms with E-state index in [1.54, 1.807) is 0 Å². The number of fused-ring (bicyclic) bond motifs is 14. The van der Waals surface area contributed by atoms with Crippen molar-refractivity contribution >= 4 is 72.2 Å².